The summed E-state index contributed by atoms with van der Waals surface area (Å²) in [5.41, 5.74) is 7.12. The molecule has 20 heavy (non-hydrogen) atoms. The lowest BCUT2D eigenvalue weighted by atomic mass is 10.0. The van der Waals surface area contributed by atoms with Gasteiger partial charge in [-0.05, 0) is 31.0 Å². The number of amidine groups is 1. The summed E-state index contributed by atoms with van der Waals surface area (Å²) in [6, 6.07) is 5.58. The molecule has 1 atom stereocenters. The third-order valence-electron chi connectivity index (χ3n) is 3.79. The predicted molar refractivity (Wildman–Crippen MR) is 79.1 cm³/mol. The van der Waals surface area contributed by atoms with Crippen LogP contribution in [-0.2, 0) is 6.54 Å². The lowest BCUT2D eigenvalue weighted by Crippen LogP contribution is -2.41. The largest absolute Gasteiger partial charge is 0.409 e. The number of nitrogens with zero attached hydrogens (tertiary/aromatic N) is 2. The van der Waals surface area contributed by atoms with E-state index in [0.29, 0.717) is 17.1 Å². The van der Waals surface area contributed by atoms with Gasteiger partial charge in [-0.25, -0.2) is 0 Å². The molecular formula is C14H20ClN3O2. The van der Waals surface area contributed by atoms with Crippen LogP contribution in [0.4, 0.5) is 0 Å². The number of oxime groups is 1. The zero-order valence-corrected chi connectivity index (χ0v) is 12.1. The highest BCUT2D eigenvalue weighted by molar-refractivity contribution is 6.31. The highest BCUT2D eigenvalue weighted by Crippen LogP contribution is 2.24. The van der Waals surface area contributed by atoms with Crippen molar-refractivity contribution in [2.45, 2.75) is 31.8 Å². The first-order valence-corrected chi connectivity index (χ1v) is 7.14. The van der Waals surface area contributed by atoms with Crippen LogP contribution in [0, 0.1) is 0 Å². The van der Waals surface area contributed by atoms with Gasteiger partial charge in [0.2, 0.25) is 0 Å². The number of aliphatic hydroxyl groups is 1. The Hall–Kier alpha value is -1.30. The summed E-state index contributed by atoms with van der Waals surface area (Å²) in [5, 5.41) is 21.6. The van der Waals surface area contributed by atoms with Crippen LogP contribution in [0.2, 0.25) is 5.02 Å². The zero-order chi connectivity index (χ0) is 14.5. The van der Waals surface area contributed by atoms with Gasteiger partial charge in [-0.2, -0.15) is 0 Å². The maximum atomic E-state index is 9.42. The third kappa shape index (κ3) is 3.42. The molecule has 0 aromatic heterocycles. The Morgan fingerprint density at radius 3 is 2.90 bits per heavy atom. The molecule has 0 aliphatic carbocycles. The summed E-state index contributed by atoms with van der Waals surface area (Å²) in [6.07, 6.45) is 3.34. The molecule has 1 fully saturated rings. The number of likely N-dealkylation sites (tertiary alicyclic amines) is 1. The number of halogens is 1. The second kappa shape index (κ2) is 6.92. The molecule has 1 aromatic rings. The van der Waals surface area contributed by atoms with Crippen LogP contribution in [0.3, 0.4) is 0 Å². The third-order valence-corrected chi connectivity index (χ3v) is 4.14. The van der Waals surface area contributed by atoms with Gasteiger partial charge in [0, 0.05) is 23.2 Å². The van der Waals surface area contributed by atoms with Gasteiger partial charge < -0.3 is 16.0 Å². The lowest BCUT2D eigenvalue weighted by molar-refractivity contribution is 0.0841. The Bertz CT molecular complexity index is 493. The SMILES string of the molecule is N/C(=N/O)c1ccc(CN2CCCCC2CO)c(Cl)c1. The Morgan fingerprint density at radius 1 is 1.45 bits per heavy atom. The van der Waals surface area contributed by atoms with E-state index in [1.165, 1.54) is 0 Å². The first-order chi connectivity index (χ1) is 9.65. The Morgan fingerprint density at radius 2 is 2.25 bits per heavy atom. The molecule has 0 radical (unpaired) electrons. The normalized spacial score (nSPS) is 21.1. The van der Waals surface area contributed by atoms with Crippen molar-refractivity contribution in [1.29, 1.82) is 0 Å². The molecule has 2 rings (SSSR count). The van der Waals surface area contributed by atoms with Crippen molar-refractivity contribution in [3.05, 3.63) is 34.3 Å². The molecule has 1 aromatic carbocycles. The van der Waals surface area contributed by atoms with Crippen molar-refractivity contribution in [2.24, 2.45) is 10.9 Å². The molecule has 0 spiro atoms. The van der Waals surface area contributed by atoms with Crippen molar-refractivity contribution >= 4 is 17.4 Å². The van der Waals surface area contributed by atoms with Gasteiger partial charge in [0.05, 0.1) is 6.61 Å². The molecule has 0 bridgehead atoms. The molecule has 5 nitrogen and oxygen atoms in total. The van der Waals surface area contributed by atoms with Crippen molar-refractivity contribution in [3.63, 3.8) is 0 Å². The van der Waals surface area contributed by atoms with E-state index < -0.39 is 0 Å². The topological polar surface area (TPSA) is 82.1 Å². The van der Waals surface area contributed by atoms with E-state index in [1.54, 1.807) is 12.1 Å². The smallest absolute Gasteiger partial charge is 0.170 e. The molecule has 1 unspecified atom stereocenters. The van der Waals surface area contributed by atoms with E-state index in [0.717, 1.165) is 31.4 Å². The second-order valence-electron chi connectivity index (χ2n) is 5.09. The monoisotopic (exact) mass is 297 g/mol. The standard InChI is InChI=1S/C14H20ClN3O2/c15-13-7-10(14(16)17-20)4-5-11(13)8-18-6-2-1-3-12(18)9-19/h4-5,7,12,19-20H,1-3,6,8-9H2,(H2,16,17). The lowest BCUT2D eigenvalue weighted by Gasteiger charge is -2.34. The minimum Gasteiger partial charge on any atom is -0.409 e. The number of hydrogen-bond acceptors (Lipinski definition) is 4. The molecule has 110 valence electrons. The van der Waals surface area contributed by atoms with Gasteiger partial charge in [0.25, 0.3) is 0 Å². The maximum Gasteiger partial charge on any atom is 0.170 e. The van der Waals surface area contributed by atoms with E-state index in [9.17, 15) is 5.11 Å². The molecule has 4 N–H and O–H groups in total. The molecule has 6 heteroatoms. The van der Waals surface area contributed by atoms with Gasteiger partial charge in [-0.3, -0.25) is 4.90 Å². The van der Waals surface area contributed by atoms with Crippen LogP contribution < -0.4 is 5.73 Å². The van der Waals surface area contributed by atoms with Gasteiger partial charge in [-0.15, -0.1) is 0 Å². The number of aliphatic hydroxyl groups excluding tert-OH is 1. The van der Waals surface area contributed by atoms with Gasteiger partial charge >= 0.3 is 0 Å². The minimum atomic E-state index is 0.0460. The molecule has 1 heterocycles. The quantitative estimate of drug-likeness (QED) is 0.342. The summed E-state index contributed by atoms with van der Waals surface area (Å²) in [7, 11) is 0. The highest BCUT2D eigenvalue weighted by atomic mass is 35.5. The molecule has 1 saturated heterocycles. The van der Waals surface area contributed by atoms with Gasteiger partial charge in [0.15, 0.2) is 5.84 Å². The molecular weight excluding hydrogens is 278 g/mol. The van der Waals surface area contributed by atoms with Crippen molar-refractivity contribution in [1.82, 2.24) is 4.90 Å². The van der Waals surface area contributed by atoms with E-state index in [2.05, 4.69) is 10.1 Å². The number of piperidine rings is 1. The molecule has 1 aliphatic rings. The summed E-state index contributed by atoms with van der Waals surface area (Å²) < 4.78 is 0. The first-order valence-electron chi connectivity index (χ1n) is 6.77. The maximum absolute atomic E-state index is 9.42. The average molecular weight is 298 g/mol. The van der Waals surface area contributed by atoms with E-state index in [1.807, 2.05) is 6.07 Å². The molecule has 0 saturated carbocycles. The van der Waals surface area contributed by atoms with Crippen molar-refractivity contribution in [2.75, 3.05) is 13.2 Å². The van der Waals surface area contributed by atoms with Crippen molar-refractivity contribution < 1.29 is 10.3 Å². The number of nitrogens with two attached hydrogens (primary N) is 1. The number of benzene rings is 1. The number of hydrogen-bond donors (Lipinski definition) is 3. The number of rotatable bonds is 4. The molecule has 0 amide bonds. The van der Waals surface area contributed by atoms with E-state index in [4.69, 9.17) is 22.5 Å². The summed E-state index contributed by atoms with van der Waals surface area (Å²) in [6.45, 7) is 1.86. The fourth-order valence-corrected chi connectivity index (χ4v) is 2.83. The van der Waals surface area contributed by atoms with Crippen LogP contribution in [0.5, 0.6) is 0 Å². The van der Waals surface area contributed by atoms with Gasteiger partial charge in [0.1, 0.15) is 0 Å². The minimum absolute atomic E-state index is 0.0460. The summed E-state index contributed by atoms with van der Waals surface area (Å²) in [4.78, 5) is 2.26. The average Bonchev–Trinajstić information content (AvgIpc) is 2.49. The van der Waals surface area contributed by atoms with Crippen LogP contribution in [0.1, 0.15) is 30.4 Å². The Kier molecular flexibility index (Phi) is 5.23. The van der Waals surface area contributed by atoms with Crippen LogP contribution in [-0.4, -0.2) is 40.2 Å². The first kappa shape index (κ1) is 15.1. The highest BCUT2D eigenvalue weighted by Gasteiger charge is 2.22. The summed E-state index contributed by atoms with van der Waals surface area (Å²) >= 11 is 6.26. The predicted octanol–water partition coefficient (Wildman–Crippen LogP) is 1.78. The summed E-state index contributed by atoms with van der Waals surface area (Å²) in [5.74, 6) is 0.0460. The van der Waals surface area contributed by atoms with E-state index in [-0.39, 0.29) is 18.5 Å². The van der Waals surface area contributed by atoms with Crippen LogP contribution in [0.25, 0.3) is 0 Å². The van der Waals surface area contributed by atoms with E-state index >= 15 is 0 Å². The van der Waals surface area contributed by atoms with Crippen LogP contribution >= 0.6 is 11.6 Å². The van der Waals surface area contributed by atoms with Crippen molar-refractivity contribution in [3.8, 4) is 0 Å². The Balaban J connectivity index is 2.13. The van der Waals surface area contributed by atoms with Gasteiger partial charge in [-0.1, -0.05) is 35.3 Å². The Labute approximate surface area is 123 Å². The fraction of sp³-hybridized carbons (Fsp3) is 0.500. The van der Waals surface area contributed by atoms with Crippen LogP contribution in [0.15, 0.2) is 23.4 Å². The zero-order valence-electron chi connectivity index (χ0n) is 11.3. The fourth-order valence-electron chi connectivity index (χ4n) is 2.59. The molecule has 1 aliphatic heterocycles. The second-order valence-corrected chi connectivity index (χ2v) is 5.50.